The molecule has 2 aliphatic rings. The monoisotopic (exact) mass is 246 g/mol. The van der Waals surface area contributed by atoms with Gasteiger partial charge >= 0.3 is 38.7 Å². The summed E-state index contributed by atoms with van der Waals surface area (Å²) in [6, 6.07) is 0. The van der Waals surface area contributed by atoms with Gasteiger partial charge in [-0.1, -0.05) is 10.1 Å². The van der Waals surface area contributed by atoms with Crippen LogP contribution in [0.5, 0.6) is 0 Å². The first kappa shape index (κ1) is 13.9. The first-order chi connectivity index (χ1) is 5.41. The average Bonchev–Trinajstić information content (AvgIpc) is 1.83. The van der Waals surface area contributed by atoms with Gasteiger partial charge in [-0.15, -0.1) is 18.7 Å². The predicted molar refractivity (Wildman–Crippen MR) is 27.5 cm³/mol. The Morgan fingerprint density at radius 3 is 0.923 bits per heavy atom. The maximum atomic E-state index is 9.55. The van der Waals surface area contributed by atoms with Crippen LogP contribution < -0.4 is 9.79 Å². The molecule has 2 aliphatic heterocycles. The molecule has 13 heavy (non-hydrogen) atoms. The molecule has 0 aromatic carbocycles. The summed E-state index contributed by atoms with van der Waals surface area (Å²) in [6.45, 7) is 0. The van der Waals surface area contributed by atoms with Gasteiger partial charge in [-0.3, -0.25) is 9.13 Å². The maximum absolute atomic E-state index is 9.55. The number of phosphoric acid groups is 2. The maximum Gasteiger partial charge on any atom is 2.00 e. The quantitative estimate of drug-likeness (QED) is 0.276. The predicted octanol–water partition coefficient (Wildman–Crippen LogP) is -1.68. The molecule has 0 amide bonds. The van der Waals surface area contributed by atoms with Crippen LogP contribution in [0.15, 0.2) is 0 Å². The Kier molecular flexibility index (Phi) is 5.48. The van der Waals surface area contributed by atoms with Crippen LogP contribution in [0, 0.1) is 0 Å². The molecule has 0 aromatic heterocycles. The molecule has 10 nitrogen and oxygen atoms in total. The molecule has 2 heterocycles. The first-order valence-corrected chi connectivity index (χ1v) is 5.05. The molecule has 0 atom stereocenters. The molecule has 0 aromatic rings. The van der Waals surface area contributed by atoms with Crippen LogP contribution >= 0.6 is 15.6 Å². The summed E-state index contributed by atoms with van der Waals surface area (Å²) >= 11 is 0. The molecule has 13 heteroatoms. The van der Waals surface area contributed by atoms with Crippen LogP contribution in [0.1, 0.15) is 0 Å². The SMILES string of the molecule is O=P1([O-])OOO1.O=P1([O-])OOO1.[Mg+2]. The average molecular weight is 246 g/mol. The van der Waals surface area contributed by atoms with Crippen molar-refractivity contribution < 1.29 is 47.7 Å². The van der Waals surface area contributed by atoms with Gasteiger partial charge in [0.15, 0.2) is 0 Å². The van der Waals surface area contributed by atoms with Crippen molar-refractivity contribution in [2.75, 3.05) is 0 Å². The topological polar surface area (TPSA) is 136 Å². The smallest absolute Gasteiger partial charge is 0.753 e. The normalized spacial score (nSPS) is 26.6. The molecule has 2 rings (SSSR count). The standard InChI is InChI=1S/Mg.2HO5P/c;2*1-6(2)4-3-5-6/h;2*(H,1,2)/q+2;;/p-2. The third-order valence-electron chi connectivity index (χ3n) is 0.487. The van der Waals surface area contributed by atoms with Crippen molar-refractivity contribution in [1.82, 2.24) is 0 Å². The van der Waals surface area contributed by atoms with Crippen molar-refractivity contribution in [3.05, 3.63) is 0 Å². The molecule has 0 unspecified atom stereocenters. The van der Waals surface area contributed by atoms with Crippen molar-refractivity contribution in [2.45, 2.75) is 0 Å². The fraction of sp³-hybridized carbons (Fsp3) is 0. The first-order valence-electron chi connectivity index (χ1n) is 2.13. The summed E-state index contributed by atoms with van der Waals surface area (Å²) in [7, 11) is -7.88. The Balaban J connectivity index is 0.000000206. The van der Waals surface area contributed by atoms with E-state index >= 15 is 0 Å². The molecule has 0 bridgehead atoms. The van der Waals surface area contributed by atoms with Crippen molar-refractivity contribution in [1.29, 1.82) is 0 Å². The Bertz CT molecular complexity index is 203. The summed E-state index contributed by atoms with van der Waals surface area (Å²) in [5.74, 6) is 0. The van der Waals surface area contributed by atoms with Crippen LogP contribution in [0.2, 0.25) is 0 Å². The summed E-state index contributed by atoms with van der Waals surface area (Å²) in [5, 5.41) is 6.72. The van der Waals surface area contributed by atoms with Gasteiger partial charge in [-0.2, -0.15) is 0 Å². The molecule has 2 fully saturated rings. The van der Waals surface area contributed by atoms with Crippen LogP contribution in [0.25, 0.3) is 0 Å². The van der Waals surface area contributed by atoms with E-state index in [2.05, 4.69) is 28.8 Å². The second kappa shape index (κ2) is 5.12. The number of hydrogen-bond donors (Lipinski definition) is 0. The zero-order valence-electron chi connectivity index (χ0n) is 5.68. The molecule has 2 saturated heterocycles. The molecular formula is MgO10P2. The molecule has 0 aliphatic carbocycles. The zero-order chi connectivity index (χ0) is 9.24. The van der Waals surface area contributed by atoms with Crippen molar-refractivity contribution >= 4 is 38.7 Å². The summed E-state index contributed by atoms with van der Waals surface area (Å²) in [4.78, 5) is 19.1. The summed E-state index contributed by atoms with van der Waals surface area (Å²) in [6.07, 6.45) is 0. The minimum Gasteiger partial charge on any atom is -0.753 e. The van der Waals surface area contributed by atoms with Gasteiger partial charge in [0.25, 0.3) is 0 Å². The van der Waals surface area contributed by atoms with E-state index in [4.69, 9.17) is 0 Å². The molecular weight excluding hydrogens is 246 g/mol. The van der Waals surface area contributed by atoms with E-state index in [0.717, 1.165) is 0 Å². The number of hydrogen-bond acceptors (Lipinski definition) is 10. The van der Waals surface area contributed by atoms with Gasteiger partial charge < -0.3 is 9.79 Å². The molecule has 0 spiro atoms. The Labute approximate surface area is 86.7 Å². The molecule has 0 saturated carbocycles. The zero-order valence-corrected chi connectivity index (χ0v) is 8.89. The second-order valence-corrected chi connectivity index (χ2v) is 3.71. The Hall–Kier alpha value is 0.906. The van der Waals surface area contributed by atoms with Gasteiger partial charge in [0, 0.05) is 0 Å². The van der Waals surface area contributed by atoms with E-state index in [1.807, 2.05) is 0 Å². The van der Waals surface area contributed by atoms with Crippen LogP contribution in [-0.4, -0.2) is 23.1 Å². The second-order valence-electron chi connectivity index (χ2n) is 1.33. The minimum atomic E-state index is -3.94. The van der Waals surface area contributed by atoms with E-state index < -0.39 is 15.6 Å². The van der Waals surface area contributed by atoms with E-state index in [-0.39, 0.29) is 23.1 Å². The van der Waals surface area contributed by atoms with Crippen LogP contribution in [0.4, 0.5) is 0 Å². The van der Waals surface area contributed by atoms with Gasteiger partial charge in [0.2, 0.25) is 0 Å². The van der Waals surface area contributed by atoms with Gasteiger partial charge in [0.05, 0.1) is 0 Å². The number of rotatable bonds is 0. The van der Waals surface area contributed by atoms with E-state index in [1.165, 1.54) is 0 Å². The molecule has 72 valence electrons. The summed E-state index contributed by atoms with van der Waals surface area (Å²) in [5.41, 5.74) is 0. The van der Waals surface area contributed by atoms with Crippen molar-refractivity contribution in [3.63, 3.8) is 0 Å². The molecule has 0 N–H and O–H groups in total. The van der Waals surface area contributed by atoms with Crippen LogP contribution in [0.3, 0.4) is 0 Å². The Morgan fingerprint density at radius 1 is 0.769 bits per heavy atom. The molecule has 0 radical (unpaired) electrons. The van der Waals surface area contributed by atoms with Crippen molar-refractivity contribution in [2.24, 2.45) is 0 Å². The van der Waals surface area contributed by atoms with Gasteiger partial charge in [-0.05, 0) is 0 Å². The minimum absolute atomic E-state index is 0. The van der Waals surface area contributed by atoms with Crippen molar-refractivity contribution in [3.8, 4) is 0 Å². The fourth-order valence-electron chi connectivity index (χ4n) is 0.160. The largest absolute Gasteiger partial charge is 2.00 e. The third kappa shape index (κ3) is 5.37. The van der Waals surface area contributed by atoms with Gasteiger partial charge in [0.1, 0.15) is 0 Å². The van der Waals surface area contributed by atoms with Crippen LogP contribution in [-0.2, 0) is 37.9 Å². The van der Waals surface area contributed by atoms with Gasteiger partial charge in [-0.25, -0.2) is 0 Å². The Morgan fingerprint density at radius 2 is 0.923 bits per heavy atom. The van der Waals surface area contributed by atoms with E-state index in [9.17, 15) is 18.9 Å². The summed E-state index contributed by atoms with van der Waals surface area (Å²) < 4.78 is 32.7. The fourth-order valence-corrected chi connectivity index (χ4v) is 0.481. The van der Waals surface area contributed by atoms with E-state index in [0.29, 0.717) is 0 Å². The third-order valence-corrected chi connectivity index (χ3v) is 1.46. The van der Waals surface area contributed by atoms with E-state index in [1.54, 1.807) is 0 Å².